The first-order valence-electron chi connectivity index (χ1n) is 7.94. The normalized spacial score (nSPS) is 11.2. The van der Waals surface area contributed by atoms with Gasteiger partial charge >= 0.3 is 6.18 Å². The van der Waals surface area contributed by atoms with Crippen molar-refractivity contribution >= 4 is 11.6 Å². The fourth-order valence-corrected chi connectivity index (χ4v) is 2.47. The molecule has 0 radical (unpaired) electrons. The number of amides is 1. The molecule has 2 aromatic carbocycles. The molecule has 5 nitrogen and oxygen atoms in total. The van der Waals surface area contributed by atoms with E-state index in [1.807, 2.05) is 6.07 Å². The summed E-state index contributed by atoms with van der Waals surface area (Å²) in [7, 11) is 0. The van der Waals surface area contributed by atoms with E-state index >= 15 is 0 Å². The maximum Gasteiger partial charge on any atom is 0.418 e. The number of para-hydroxylation sites is 1. The van der Waals surface area contributed by atoms with E-state index in [4.69, 9.17) is 0 Å². The lowest BCUT2D eigenvalue weighted by Crippen LogP contribution is -2.27. The Morgan fingerprint density at radius 2 is 1.63 bits per heavy atom. The van der Waals surface area contributed by atoms with Crippen molar-refractivity contribution in [1.82, 2.24) is 9.78 Å². The van der Waals surface area contributed by atoms with Gasteiger partial charge in [0.15, 0.2) is 0 Å². The molecule has 0 atom stereocenters. The minimum Gasteiger partial charge on any atom is -0.320 e. The maximum atomic E-state index is 13.0. The van der Waals surface area contributed by atoms with Crippen LogP contribution in [-0.2, 0) is 12.7 Å². The van der Waals surface area contributed by atoms with E-state index < -0.39 is 23.2 Å². The fourth-order valence-electron chi connectivity index (χ4n) is 2.47. The van der Waals surface area contributed by atoms with Crippen molar-refractivity contribution in [3.63, 3.8) is 0 Å². The summed E-state index contributed by atoms with van der Waals surface area (Å²) in [4.78, 5) is 24.3. The van der Waals surface area contributed by atoms with Crippen molar-refractivity contribution < 1.29 is 18.0 Å². The lowest BCUT2D eigenvalue weighted by atomic mass is 10.1. The van der Waals surface area contributed by atoms with Crippen molar-refractivity contribution in [2.45, 2.75) is 12.7 Å². The van der Waals surface area contributed by atoms with Gasteiger partial charge in [-0.3, -0.25) is 9.59 Å². The number of nitrogens with zero attached hydrogens (tertiary/aromatic N) is 2. The Kier molecular flexibility index (Phi) is 5.07. The van der Waals surface area contributed by atoms with E-state index in [0.717, 1.165) is 28.4 Å². The van der Waals surface area contributed by atoms with Gasteiger partial charge in [-0.1, -0.05) is 42.5 Å². The molecule has 3 aromatic rings. The molecule has 8 heteroatoms. The maximum absolute atomic E-state index is 13.0. The van der Waals surface area contributed by atoms with Crippen molar-refractivity contribution in [3.8, 4) is 0 Å². The van der Waals surface area contributed by atoms with Crippen molar-refractivity contribution in [2.24, 2.45) is 0 Å². The third-order valence-corrected chi connectivity index (χ3v) is 3.76. The van der Waals surface area contributed by atoms with E-state index in [-0.39, 0.29) is 17.9 Å². The van der Waals surface area contributed by atoms with Crippen molar-refractivity contribution in [2.75, 3.05) is 5.32 Å². The summed E-state index contributed by atoms with van der Waals surface area (Å²) in [5, 5.41) is 6.17. The van der Waals surface area contributed by atoms with Crippen LogP contribution in [0.1, 0.15) is 21.6 Å². The Hall–Kier alpha value is -3.42. The van der Waals surface area contributed by atoms with Crippen LogP contribution in [0.3, 0.4) is 0 Å². The van der Waals surface area contributed by atoms with E-state index in [9.17, 15) is 22.8 Å². The minimum atomic E-state index is -4.61. The molecule has 0 aliphatic rings. The highest BCUT2D eigenvalue weighted by atomic mass is 19.4. The Bertz CT molecular complexity index is 1010. The van der Waals surface area contributed by atoms with Crippen LogP contribution in [0.25, 0.3) is 0 Å². The van der Waals surface area contributed by atoms with Crippen LogP contribution in [0, 0.1) is 0 Å². The van der Waals surface area contributed by atoms with Gasteiger partial charge < -0.3 is 5.32 Å². The first-order chi connectivity index (χ1) is 12.8. The minimum absolute atomic E-state index is 0.139. The number of benzene rings is 2. The molecular weight excluding hydrogens is 359 g/mol. The largest absolute Gasteiger partial charge is 0.418 e. The first-order valence-corrected chi connectivity index (χ1v) is 7.94. The van der Waals surface area contributed by atoms with Gasteiger partial charge in [-0.2, -0.15) is 18.3 Å². The summed E-state index contributed by atoms with van der Waals surface area (Å²) in [6.07, 6.45) is -4.61. The zero-order valence-corrected chi connectivity index (χ0v) is 13.9. The molecule has 27 heavy (non-hydrogen) atoms. The van der Waals surface area contributed by atoms with Gasteiger partial charge in [-0.05, 0) is 23.8 Å². The van der Waals surface area contributed by atoms with E-state index in [1.165, 1.54) is 18.2 Å². The van der Waals surface area contributed by atoms with E-state index in [2.05, 4.69) is 10.4 Å². The van der Waals surface area contributed by atoms with E-state index in [1.54, 1.807) is 24.3 Å². The third-order valence-electron chi connectivity index (χ3n) is 3.76. The second-order valence-electron chi connectivity index (χ2n) is 5.70. The van der Waals surface area contributed by atoms with Gasteiger partial charge in [0.25, 0.3) is 11.5 Å². The Morgan fingerprint density at radius 1 is 0.963 bits per heavy atom. The number of aromatic nitrogens is 2. The van der Waals surface area contributed by atoms with Crippen LogP contribution in [0.5, 0.6) is 0 Å². The summed E-state index contributed by atoms with van der Waals surface area (Å²) < 4.78 is 40.2. The Labute approximate surface area is 152 Å². The molecular formula is C19H14F3N3O2. The molecule has 0 aliphatic carbocycles. The number of nitrogens with one attached hydrogen (secondary N) is 1. The van der Waals surface area contributed by atoms with Crippen LogP contribution in [0.4, 0.5) is 18.9 Å². The average molecular weight is 373 g/mol. The number of alkyl halides is 3. The lowest BCUT2D eigenvalue weighted by Gasteiger charge is -2.13. The van der Waals surface area contributed by atoms with Crippen LogP contribution in [0.15, 0.2) is 71.5 Å². The first kappa shape index (κ1) is 18.4. The smallest absolute Gasteiger partial charge is 0.320 e. The number of halogens is 3. The molecule has 1 N–H and O–H groups in total. The molecule has 0 fully saturated rings. The number of rotatable bonds is 4. The van der Waals surface area contributed by atoms with Gasteiger partial charge in [-0.15, -0.1) is 0 Å². The molecule has 1 heterocycles. The molecule has 3 rings (SSSR count). The SMILES string of the molecule is O=C(Nc1ccccc1C(F)(F)F)c1ccc(=O)n(Cc2ccccc2)n1. The summed E-state index contributed by atoms with van der Waals surface area (Å²) in [6.45, 7) is 0.139. The van der Waals surface area contributed by atoms with Gasteiger partial charge in [0, 0.05) is 6.07 Å². The van der Waals surface area contributed by atoms with Crippen LogP contribution >= 0.6 is 0 Å². The van der Waals surface area contributed by atoms with Crippen LogP contribution in [0.2, 0.25) is 0 Å². The lowest BCUT2D eigenvalue weighted by molar-refractivity contribution is -0.136. The highest BCUT2D eigenvalue weighted by Gasteiger charge is 2.33. The number of anilines is 1. The molecule has 1 aromatic heterocycles. The quantitative estimate of drug-likeness (QED) is 0.761. The van der Waals surface area contributed by atoms with Gasteiger partial charge in [0.1, 0.15) is 5.69 Å². The van der Waals surface area contributed by atoms with Gasteiger partial charge in [0.05, 0.1) is 17.8 Å². The zero-order chi connectivity index (χ0) is 19.4. The second kappa shape index (κ2) is 7.45. The zero-order valence-electron chi connectivity index (χ0n) is 13.9. The van der Waals surface area contributed by atoms with Crippen molar-refractivity contribution in [3.05, 3.63) is 93.9 Å². The fraction of sp³-hybridized carbons (Fsp3) is 0.105. The summed E-state index contributed by atoms with van der Waals surface area (Å²) >= 11 is 0. The molecule has 1 amide bonds. The van der Waals surface area contributed by atoms with Crippen LogP contribution in [-0.4, -0.2) is 15.7 Å². The predicted molar refractivity (Wildman–Crippen MR) is 93.4 cm³/mol. The molecule has 0 saturated heterocycles. The molecule has 138 valence electrons. The Balaban J connectivity index is 1.86. The standard InChI is InChI=1S/C19H14F3N3O2/c20-19(21,22)14-8-4-5-9-15(14)23-18(27)16-10-11-17(26)25(24-16)12-13-6-2-1-3-7-13/h1-11H,12H2,(H,23,27). The molecule has 0 unspecified atom stereocenters. The van der Waals surface area contributed by atoms with Gasteiger partial charge in [0.2, 0.25) is 0 Å². The summed E-state index contributed by atoms with van der Waals surface area (Å²) in [5.74, 6) is -0.839. The number of carbonyl (C=O) groups is 1. The third kappa shape index (κ3) is 4.41. The van der Waals surface area contributed by atoms with Gasteiger partial charge in [-0.25, -0.2) is 4.68 Å². The summed E-state index contributed by atoms with van der Waals surface area (Å²) in [6, 6.07) is 16.0. The average Bonchev–Trinajstić information content (AvgIpc) is 2.64. The predicted octanol–water partition coefficient (Wildman–Crippen LogP) is 3.56. The number of hydrogen-bond donors (Lipinski definition) is 1. The molecule has 0 aliphatic heterocycles. The Morgan fingerprint density at radius 3 is 2.33 bits per heavy atom. The van der Waals surface area contributed by atoms with Crippen molar-refractivity contribution in [1.29, 1.82) is 0 Å². The number of hydrogen-bond acceptors (Lipinski definition) is 3. The topological polar surface area (TPSA) is 64.0 Å². The highest BCUT2D eigenvalue weighted by Crippen LogP contribution is 2.34. The van der Waals surface area contributed by atoms with E-state index in [0.29, 0.717) is 0 Å². The number of carbonyl (C=O) groups excluding carboxylic acids is 1. The summed E-state index contributed by atoms with van der Waals surface area (Å²) in [5.41, 5.74) is -1.13. The highest BCUT2D eigenvalue weighted by molar-refractivity contribution is 6.03. The monoisotopic (exact) mass is 373 g/mol. The molecule has 0 saturated carbocycles. The second-order valence-corrected chi connectivity index (χ2v) is 5.70. The van der Waals surface area contributed by atoms with Crippen LogP contribution < -0.4 is 10.9 Å². The molecule has 0 spiro atoms. The molecule has 0 bridgehead atoms.